The van der Waals surface area contributed by atoms with Crippen LogP contribution in [0.1, 0.15) is 117 Å². The lowest BCUT2D eigenvalue weighted by Crippen LogP contribution is -2.00. The Morgan fingerprint density at radius 1 is 0.419 bits per heavy atom. The number of rotatable bonds is 28. The van der Waals surface area contributed by atoms with Gasteiger partial charge in [-0.25, -0.2) is 9.97 Å². The fourth-order valence-electron chi connectivity index (χ4n) is 7.88. The number of hydrogen-bond acceptors (Lipinski definition) is 10. The van der Waals surface area contributed by atoms with Crippen LogP contribution in [0.25, 0.3) is 54.4 Å². The molecule has 0 unspecified atom stereocenters. The maximum absolute atomic E-state index is 6.23. The maximum Gasteiger partial charge on any atom is 0.179 e. The Labute approximate surface area is 378 Å². The molecule has 0 spiro atoms. The normalized spacial score (nSPS) is 11.3. The Balaban J connectivity index is 1.36. The van der Waals surface area contributed by atoms with E-state index >= 15 is 0 Å². The number of hydrogen-bond donors (Lipinski definition) is 0. The van der Waals surface area contributed by atoms with Gasteiger partial charge in [0.05, 0.1) is 73.8 Å². The summed E-state index contributed by atoms with van der Waals surface area (Å²) in [5, 5.41) is 3.93. The van der Waals surface area contributed by atoms with Crippen molar-refractivity contribution in [3.8, 4) is 77.9 Å². The Kier molecular flexibility index (Phi) is 18.6. The monoisotopic (exact) mass is 878 g/mol. The van der Waals surface area contributed by atoms with Gasteiger partial charge < -0.3 is 28.4 Å². The SMILES string of the molecule is CCCCCCCCCCOc1ccc(-c2nc3c(-c4scc(OC)c4OC)ccc(-c4scc(OC)c4OC)c3nc2-c2ccc(OCCCCCCCCCC)cc2)cc1. The molecule has 0 aliphatic heterocycles. The van der Waals surface area contributed by atoms with Gasteiger partial charge in [0.1, 0.15) is 11.5 Å². The average Bonchev–Trinajstić information content (AvgIpc) is 3.94. The van der Waals surface area contributed by atoms with Gasteiger partial charge in [-0.3, -0.25) is 0 Å². The number of unbranched alkanes of at least 4 members (excludes halogenated alkanes) is 14. The van der Waals surface area contributed by atoms with E-state index in [0.717, 1.165) is 78.8 Å². The molecule has 0 bridgehead atoms. The molecule has 0 saturated carbocycles. The smallest absolute Gasteiger partial charge is 0.179 e. The van der Waals surface area contributed by atoms with Crippen LogP contribution in [0.2, 0.25) is 0 Å². The third-order valence-corrected chi connectivity index (χ3v) is 13.3. The fourth-order valence-corrected chi connectivity index (χ4v) is 9.90. The zero-order chi connectivity index (χ0) is 43.5. The molecule has 3 heterocycles. The van der Waals surface area contributed by atoms with E-state index in [9.17, 15) is 0 Å². The zero-order valence-corrected chi connectivity index (χ0v) is 39.4. The van der Waals surface area contributed by atoms with E-state index < -0.39 is 0 Å². The summed E-state index contributed by atoms with van der Waals surface area (Å²) in [5.74, 6) is 4.37. The maximum atomic E-state index is 6.23. The predicted molar refractivity (Wildman–Crippen MR) is 259 cm³/mol. The molecule has 0 aliphatic rings. The van der Waals surface area contributed by atoms with Crippen LogP contribution in [0.3, 0.4) is 0 Å². The quantitative estimate of drug-likeness (QED) is 0.0451. The van der Waals surface area contributed by atoms with E-state index in [0.29, 0.717) is 36.2 Å². The van der Waals surface area contributed by atoms with Crippen molar-refractivity contribution in [1.82, 2.24) is 9.97 Å². The molecule has 8 nitrogen and oxygen atoms in total. The first-order valence-corrected chi connectivity index (χ1v) is 24.5. The zero-order valence-electron chi connectivity index (χ0n) is 37.8. The number of nitrogens with zero attached hydrogens (tertiary/aromatic N) is 2. The molecular formula is C52H66N2O6S2. The highest BCUT2D eigenvalue weighted by Gasteiger charge is 2.25. The summed E-state index contributed by atoms with van der Waals surface area (Å²) in [7, 11) is 6.66. The molecule has 0 fully saturated rings. The number of methoxy groups -OCH3 is 4. The lowest BCUT2D eigenvalue weighted by Gasteiger charge is -2.16. The topological polar surface area (TPSA) is 81.2 Å². The number of ether oxygens (including phenoxy) is 6. The van der Waals surface area contributed by atoms with E-state index in [1.54, 1.807) is 51.1 Å². The minimum Gasteiger partial charge on any atom is -0.494 e. The van der Waals surface area contributed by atoms with Gasteiger partial charge in [0.25, 0.3) is 0 Å². The lowest BCUT2D eigenvalue weighted by molar-refractivity contribution is 0.304. The van der Waals surface area contributed by atoms with Gasteiger partial charge in [-0.15, -0.1) is 22.7 Å². The molecule has 6 aromatic rings. The first kappa shape index (κ1) is 46.7. The average molecular weight is 879 g/mol. The Bertz CT molecular complexity index is 2090. The Morgan fingerprint density at radius 3 is 1.11 bits per heavy atom. The van der Waals surface area contributed by atoms with Crippen molar-refractivity contribution in [3.05, 3.63) is 71.4 Å². The second-order valence-corrected chi connectivity index (χ2v) is 17.6. The fraction of sp³-hybridized carbons (Fsp3) is 0.462. The first-order chi connectivity index (χ1) is 30.5. The molecule has 3 aromatic heterocycles. The van der Waals surface area contributed by atoms with Crippen LogP contribution in [0, 0.1) is 0 Å². The highest BCUT2D eigenvalue weighted by atomic mass is 32.1. The van der Waals surface area contributed by atoms with E-state index in [2.05, 4.69) is 50.2 Å². The summed E-state index contributed by atoms with van der Waals surface area (Å²) in [6.45, 7) is 5.94. The summed E-state index contributed by atoms with van der Waals surface area (Å²) < 4.78 is 35.7. The van der Waals surface area contributed by atoms with Crippen molar-refractivity contribution in [2.75, 3.05) is 41.7 Å². The molecule has 0 aliphatic carbocycles. The summed E-state index contributed by atoms with van der Waals surface area (Å²) in [6.07, 6.45) is 20.3. The van der Waals surface area contributed by atoms with Crippen molar-refractivity contribution in [3.63, 3.8) is 0 Å². The largest absolute Gasteiger partial charge is 0.494 e. The molecule has 62 heavy (non-hydrogen) atoms. The van der Waals surface area contributed by atoms with Crippen molar-refractivity contribution in [2.45, 2.75) is 117 Å². The third-order valence-electron chi connectivity index (χ3n) is 11.4. The van der Waals surface area contributed by atoms with Crippen molar-refractivity contribution < 1.29 is 28.4 Å². The van der Waals surface area contributed by atoms with Crippen LogP contribution in [-0.2, 0) is 0 Å². The number of thiophene rings is 2. The minimum absolute atomic E-state index is 0.662. The molecule has 332 valence electrons. The number of aromatic nitrogens is 2. The van der Waals surface area contributed by atoms with Crippen molar-refractivity contribution in [1.29, 1.82) is 0 Å². The van der Waals surface area contributed by atoms with Crippen LogP contribution in [-0.4, -0.2) is 51.6 Å². The van der Waals surface area contributed by atoms with E-state index in [4.69, 9.17) is 38.4 Å². The summed E-state index contributed by atoms with van der Waals surface area (Å²) in [5.41, 5.74) is 6.65. The number of benzene rings is 3. The van der Waals surface area contributed by atoms with E-state index in [1.165, 1.54) is 89.9 Å². The second-order valence-electron chi connectivity index (χ2n) is 15.8. The summed E-state index contributed by atoms with van der Waals surface area (Å²) >= 11 is 3.11. The summed E-state index contributed by atoms with van der Waals surface area (Å²) in [4.78, 5) is 12.9. The standard InChI is InChI=1S/C52H66N2O6S2/c1-7-9-11-13-15-17-19-21-33-59-39-27-23-37(24-28-39)45-46(38-25-29-40(30-26-38)60-34-22-20-18-16-14-12-10-8-2)54-48-42(52-50(58-6)44(56-4)36-62-52)32-31-41(47(48)53-45)51-49(57-5)43(55-3)35-61-51/h23-32,35-36H,7-22,33-34H2,1-6H3. The molecule has 10 heteroatoms. The van der Waals surface area contributed by atoms with Crippen molar-refractivity contribution >= 4 is 33.7 Å². The van der Waals surface area contributed by atoms with Crippen LogP contribution in [0.4, 0.5) is 0 Å². The Hall–Kier alpha value is -4.80. The van der Waals surface area contributed by atoms with Gasteiger partial charge in [-0.2, -0.15) is 0 Å². The predicted octanol–water partition coefficient (Wildman–Crippen LogP) is 15.5. The minimum atomic E-state index is 0.662. The van der Waals surface area contributed by atoms with Gasteiger partial charge >= 0.3 is 0 Å². The van der Waals surface area contributed by atoms with Crippen LogP contribution < -0.4 is 28.4 Å². The highest BCUT2D eigenvalue weighted by molar-refractivity contribution is 7.15. The molecular weight excluding hydrogens is 813 g/mol. The molecule has 3 aromatic carbocycles. The molecule has 0 atom stereocenters. The molecule has 6 rings (SSSR count). The third kappa shape index (κ3) is 12.0. The molecule has 0 N–H and O–H groups in total. The van der Waals surface area contributed by atoms with Gasteiger partial charge in [-0.05, 0) is 61.4 Å². The van der Waals surface area contributed by atoms with Crippen LogP contribution >= 0.6 is 22.7 Å². The van der Waals surface area contributed by atoms with Crippen LogP contribution in [0.5, 0.6) is 34.5 Å². The molecule has 0 radical (unpaired) electrons. The number of fused-ring (bicyclic) bond motifs is 1. The first-order valence-electron chi connectivity index (χ1n) is 22.8. The van der Waals surface area contributed by atoms with Gasteiger partial charge in [-0.1, -0.05) is 116 Å². The van der Waals surface area contributed by atoms with Gasteiger partial charge in [0, 0.05) is 33.0 Å². The van der Waals surface area contributed by atoms with Crippen LogP contribution in [0.15, 0.2) is 71.4 Å². The highest BCUT2D eigenvalue weighted by Crippen LogP contribution is 2.50. The molecule has 0 saturated heterocycles. The summed E-state index contributed by atoms with van der Waals surface area (Å²) in [6, 6.07) is 20.7. The van der Waals surface area contributed by atoms with Crippen molar-refractivity contribution in [2.24, 2.45) is 0 Å². The van der Waals surface area contributed by atoms with E-state index in [-0.39, 0.29) is 0 Å². The lowest BCUT2D eigenvalue weighted by atomic mass is 10.00. The van der Waals surface area contributed by atoms with E-state index in [1.807, 2.05) is 35.0 Å². The molecule has 0 amide bonds. The Morgan fingerprint density at radius 2 is 0.774 bits per heavy atom. The van der Waals surface area contributed by atoms with Gasteiger partial charge in [0.15, 0.2) is 23.0 Å². The second kappa shape index (κ2) is 24.7. The van der Waals surface area contributed by atoms with Gasteiger partial charge in [0.2, 0.25) is 0 Å².